The molecule has 0 bridgehead atoms. The maximum Gasteiger partial charge on any atom is 0.261 e. The van der Waals surface area contributed by atoms with Crippen molar-refractivity contribution < 1.29 is 14.3 Å². The summed E-state index contributed by atoms with van der Waals surface area (Å²) < 4.78 is 11.1. The summed E-state index contributed by atoms with van der Waals surface area (Å²) in [6.07, 6.45) is 1.13. The van der Waals surface area contributed by atoms with Crippen molar-refractivity contribution in [2.45, 2.75) is 45.8 Å². The zero-order valence-corrected chi connectivity index (χ0v) is 13.7. The number of carbonyl (C=O) groups excluding carboxylic acids is 1. The molecule has 1 rings (SSSR count). The Morgan fingerprint density at radius 3 is 2.52 bits per heavy atom. The fourth-order valence-electron chi connectivity index (χ4n) is 1.72. The predicted molar refractivity (Wildman–Crippen MR) is 84.9 cm³/mol. The van der Waals surface area contributed by atoms with Crippen LogP contribution in [0.2, 0.25) is 5.02 Å². The highest BCUT2D eigenvalue weighted by Gasteiger charge is 2.17. The first-order chi connectivity index (χ1) is 10.0. The van der Waals surface area contributed by atoms with Crippen molar-refractivity contribution >= 4 is 17.5 Å². The van der Waals surface area contributed by atoms with Crippen molar-refractivity contribution in [3.63, 3.8) is 0 Å². The van der Waals surface area contributed by atoms with Crippen LogP contribution in [0.3, 0.4) is 0 Å². The minimum absolute atomic E-state index is 0.100. The quantitative estimate of drug-likeness (QED) is 0.711. The average molecular weight is 314 g/mol. The van der Waals surface area contributed by atoms with Crippen LogP contribution in [0.4, 0.5) is 0 Å². The number of rotatable bonds is 9. The van der Waals surface area contributed by atoms with Crippen LogP contribution < -0.4 is 10.1 Å². The van der Waals surface area contributed by atoms with Gasteiger partial charge in [0.1, 0.15) is 5.75 Å². The lowest BCUT2D eigenvalue weighted by Crippen LogP contribution is -2.38. The summed E-state index contributed by atoms with van der Waals surface area (Å²) in [5.41, 5.74) is 0. The van der Waals surface area contributed by atoms with Gasteiger partial charge in [0.05, 0.1) is 6.10 Å². The van der Waals surface area contributed by atoms with Crippen molar-refractivity contribution in [3.05, 3.63) is 29.3 Å². The first-order valence-electron chi connectivity index (χ1n) is 7.34. The van der Waals surface area contributed by atoms with Crippen LogP contribution in [0.15, 0.2) is 24.3 Å². The lowest BCUT2D eigenvalue weighted by Gasteiger charge is -2.17. The maximum atomic E-state index is 12.0. The highest BCUT2D eigenvalue weighted by molar-refractivity contribution is 6.30. The van der Waals surface area contributed by atoms with Gasteiger partial charge in [0.25, 0.3) is 5.91 Å². The molecule has 0 aromatic heterocycles. The molecule has 5 heteroatoms. The molecule has 1 atom stereocenters. The second-order valence-corrected chi connectivity index (χ2v) is 5.47. The Morgan fingerprint density at radius 2 is 1.95 bits per heavy atom. The van der Waals surface area contributed by atoms with Gasteiger partial charge < -0.3 is 14.8 Å². The molecular weight excluding hydrogens is 290 g/mol. The van der Waals surface area contributed by atoms with E-state index in [1.165, 1.54) is 0 Å². The third-order valence-corrected chi connectivity index (χ3v) is 3.08. The van der Waals surface area contributed by atoms with E-state index in [1.807, 2.05) is 20.8 Å². The van der Waals surface area contributed by atoms with Gasteiger partial charge in [0, 0.05) is 18.2 Å². The molecule has 1 N–H and O–H groups in total. The second kappa shape index (κ2) is 9.64. The van der Waals surface area contributed by atoms with E-state index in [1.54, 1.807) is 24.3 Å². The third-order valence-electron chi connectivity index (χ3n) is 2.83. The summed E-state index contributed by atoms with van der Waals surface area (Å²) in [5.74, 6) is 0.543. The number of halogens is 1. The Morgan fingerprint density at radius 1 is 1.29 bits per heavy atom. The Kier molecular flexibility index (Phi) is 8.16. The lowest BCUT2D eigenvalue weighted by molar-refractivity contribution is -0.128. The van der Waals surface area contributed by atoms with Crippen LogP contribution in [0.25, 0.3) is 0 Å². The van der Waals surface area contributed by atoms with Gasteiger partial charge in [-0.15, -0.1) is 0 Å². The van der Waals surface area contributed by atoms with E-state index < -0.39 is 6.10 Å². The first-order valence-corrected chi connectivity index (χ1v) is 7.72. The minimum Gasteiger partial charge on any atom is -0.481 e. The first kappa shape index (κ1) is 17.8. The molecule has 21 heavy (non-hydrogen) atoms. The summed E-state index contributed by atoms with van der Waals surface area (Å²) >= 11 is 5.82. The highest BCUT2D eigenvalue weighted by atomic mass is 35.5. The number of nitrogens with one attached hydrogen (secondary N) is 1. The molecule has 118 valence electrons. The minimum atomic E-state index is -0.489. The average Bonchev–Trinajstić information content (AvgIpc) is 2.45. The maximum absolute atomic E-state index is 12.0. The highest BCUT2D eigenvalue weighted by Crippen LogP contribution is 2.17. The zero-order chi connectivity index (χ0) is 15.7. The van der Waals surface area contributed by atoms with E-state index in [2.05, 4.69) is 5.32 Å². The summed E-state index contributed by atoms with van der Waals surface area (Å²) in [6.45, 7) is 7.14. The molecule has 1 aromatic rings. The SMILES string of the molecule is CC[C@H](Oc1ccc(Cl)cc1)C(=O)NCCCOC(C)C. The summed E-state index contributed by atoms with van der Waals surface area (Å²) in [5, 5.41) is 3.51. The van der Waals surface area contributed by atoms with Gasteiger partial charge in [-0.25, -0.2) is 0 Å². The van der Waals surface area contributed by atoms with Gasteiger partial charge in [0.2, 0.25) is 0 Å². The smallest absolute Gasteiger partial charge is 0.261 e. The number of amides is 1. The molecule has 0 radical (unpaired) electrons. The molecule has 0 aliphatic heterocycles. The Bertz CT molecular complexity index is 420. The molecule has 0 saturated carbocycles. The molecule has 1 amide bonds. The number of benzene rings is 1. The van der Waals surface area contributed by atoms with Crippen molar-refractivity contribution in [1.29, 1.82) is 0 Å². The zero-order valence-electron chi connectivity index (χ0n) is 12.9. The molecule has 0 heterocycles. The van der Waals surface area contributed by atoms with Crippen LogP contribution in [-0.2, 0) is 9.53 Å². The van der Waals surface area contributed by atoms with E-state index in [4.69, 9.17) is 21.1 Å². The van der Waals surface area contributed by atoms with Crippen molar-refractivity contribution in [1.82, 2.24) is 5.32 Å². The molecule has 0 aliphatic rings. The Balaban J connectivity index is 2.34. The topological polar surface area (TPSA) is 47.6 Å². The van der Waals surface area contributed by atoms with E-state index >= 15 is 0 Å². The van der Waals surface area contributed by atoms with Crippen LogP contribution >= 0.6 is 11.6 Å². The van der Waals surface area contributed by atoms with Crippen LogP contribution in [0.5, 0.6) is 5.75 Å². The van der Waals surface area contributed by atoms with E-state index in [-0.39, 0.29) is 12.0 Å². The Hall–Kier alpha value is -1.26. The predicted octanol–water partition coefficient (Wildman–Crippen LogP) is 3.43. The van der Waals surface area contributed by atoms with E-state index in [0.29, 0.717) is 30.3 Å². The second-order valence-electron chi connectivity index (χ2n) is 5.03. The Labute approximate surface area is 131 Å². The van der Waals surface area contributed by atoms with E-state index in [0.717, 1.165) is 6.42 Å². The van der Waals surface area contributed by atoms with Crippen molar-refractivity contribution in [2.24, 2.45) is 0 Å². The lowest BCUT2D eigenvalue weighted by atomic mass is 10.2. The van der Waals surface area contributed by atoms with Gasteiger partial charge in [-0.1, -0.05) is 18.5 Å². The molecule has 0 spiro atoms. The van der Waals surface area contributed by atoms with E-state index in [9.17, 15) is 4.79 Å². The van der Waals surface area contributed by atoms with Crippen LogP contribution in [0, 0.1) is 0 Å². The van der Waals surface area contributed by atoms with Gasteiger partial charge in [-0.2, -0.15) is 0 Å². The molecule has 4 nitrogen and oxygen atoms in total. The summed E-state index contributed by atoms with van der Waals surface area (Å²) in [4.78, 5) is 12.0. The molecule has 0 fully saturated rings. The monoisotopic (exact) mass is 313 g/mol. The molecule has 0 aliphatic carbocycles. The fraction of sp³-hybridized carbons (Fsp3) is 0.562. The molecular formula is C16H24ClNO3. The van der Waals surface area contributed by atoms with Gasteiger partial charge in [0.15, 0.2) is 6.10 Å². The van der Waals surface area contributed by atoms with Crippen molar-refractivity contribution in [2.75, 3.05) is 13.2 Å². The molecule has 0 saturated heterocycles. The number of hydrogen-bond donors (Lipinski definition) is 1. The molecule has 1 aromatic carbocycles. The van der Waals surface area contributed by atoms with Crippen LogP contribution in [0.1, 0.15) is 33.6 Å². The summed E-state index contributed by atoms with van der Waals surface area (Å²) in [6, 6.07) is 7.00. The van der Waals surface area contributed by atoms with Gasteiger partial charge in [-0.05, 0) is 51.0 Å². The van der Waals surface area contributed by atoms with Gasteiger partial charge in [-0.3, -0.25) is 4.79 Å². The normalized spacial score (nSPS) is 12.2. The standard InChI is InChI=1S/C16H24ClNO3/c1-4-15(21-14-8-6-13(17)7-9-14)16(19)18-10-5-11-20-12(2)3/h6-9,12,15H,4-5,10-11H2,1-3H3,(H,18,19)/t15-/m0/s1. The van der Waals surface area contributed by atoms with Crippen molar-refractivity contribution in [3.8, 4) is 5.75 Å². The number of ether oxygens (including phenoxy) is 2. The number of hydrogen-bond acceptors (Lipinski definition) is 3. The largest absolute Gasteiger partial charge is 0.481 e. The van der Waals surface area contributed by atoms with Gasteiger partial charge >= 0.3 is 0 Å². The summed E-state index contributed by atoms with van der Waals surface area (Å²) in [7, 11) is 0. The van der Waals surface area contributed by atoms with Crippen LogP contribution in [-0.4, -0.2) is 31.3 Å². The third kappa shape index (κ3) is 7.34. The fourth-order valence-corrected chi connectivity index (χ4v) is 1.84. The number of carbonyl (C=O) groups is 1. The molecule has 0 unspecified atom stereocenters.